The first-order chi connectivity index (χ1) is 14.7. The second-order valence-electron chi connectivity index (χ2n) is 7.07. The number of hydrogen-bond donors (Lipinski definition) is 0. The van der Waals surface area contributed by atoms with E-state index in [1.54, 1.807) is 19.2 Å². The van der Waals surface area contributed by atoms with Crippen molar-refractivity contribution >= 4 is 15.9 Å². The number of carbonyl (C=O) groups is 1. The number of aryl methyl sites for hydroxylation is 1. The molecule has 164 valence electrons. The third-order valence-electron chi connectivity index (χ3n) is 4.67. The number of carbonyl (C=O) groups excluding carboxylic acids is 1. The summed E-state index contributed by atoms with van der Waals surface area (Å²) < 4.78 is 36.7. The molecule has 0 aliphatic rings. The predicted molar refractivity (Wildman–Crippen MR) is 114 cm³/mol. The van der Waals surface area contributed by atoms with Crippen LogP contribution in [0.25, 0.3) is 11.4 Å². The SMILES string of the molecule is COc1ccc(S(=O)(=O)N(C)CC(=O)N(C)Cc2nc(-c3cccc(C)c3)no2)cc1. The summed E-state index contributed by atoms with van der Waals surface area (Å²) >= 11 is 0. The highest BCUT2D eigenvalue weighted by Crippen LogP contribution is 2.19. The Bertz CT molecular complexity index is 1160. The minimum atomic E-state index is -3.82. The number of hydrogen-bond acceptors (Lipinski definition) is 7. The summed E-state index contributed by atoms with van der Waals surface area (Å²) in [5.41, 5.74) is 1.88. The van der Waals surface area contributed by atoms with Crippen LogP contribution >= 0.6 is 0 Å². The standard InChI is InChI=1S/C21H24N4O5S/c1-15-6-5-7-16(12-15)21-22-19(30-23-21)13-24(2)20(26)14-25(3)31(27,28)18-10-8-17(29-4)9-11-18/h5-12H,13-14H2,1-4H3. The largest absolute Gasteiger partial charge is 0.497 e. The lowest BCUT2D eigenvalue weighted by molar-refractivity contribution is -0.130. The highest BCUT2D eigenvalue weighted by molar-refractivity contribution is 7.89. The van der Waals surface area contributed by atoms with Crippen LogP contribution in [0.1, 0.15) is 11.5 Å². The molecule has 2 aromatic carbocycles. The van der Waals surface area contributed by atoms with Crippen molar-refractivity contribution in [1.29, 1.82) is 0 Å². The van der Waals surface area contributed by atoms with Crippen LogP contribution in [0.5, 0.6) is 5.75 Å². The highest BCUT2D eigenvalue weighted by atomic mass is 32.2. The van der Waals surface area contributed by atoms with Crippen molar-refractivity contribution in [3.05, 3.63) is 60.0 Å². The first kappa shape index (κ1) is 22.4. The zero-order valence-corrected chi connectivity index (χ0v) is 18.6. The van der Waals surface area contributed by atoms with Crippen LogP contribution in [-0.2, 0) is 21.4 Å². The van der Waals surface area contributed by atoms with Gasteiger partial charge in [-0.25, -0.2) is 8.42 Å². The Kier molecular flexibility index (Phi) is 6.71. The van der Waals surface area contributed by atoms with E-state index in [0.29, 0.717) is 11.6 Å². The van der Waals surface area contributed by atoms with Gasteiger partial charge in [0.05, 0.1) is 25.1 Å². The molecule has 0 aliphatic carbocycles. The zero-order chi connectivity index (χ0) is 22.6. The smallest absolute Gasteiger partial charge is 0.246 e. The van der Waals surface area contributed by atoms with E-state index in [-0.39, 0.29) is 23.9 Å². The van der Waals surface area contributed by atoms with Gasteiger partial charge in [0.2, 0.25) is 27.6 Å². The van der Waals surface area contributed by atoms with Crippen LogP contribution in [0.15, 0.2) is 57.9 Å². The van der Waals surface area contributed by atoms with E-state index in [1.165, 1.54) is 31.2 Å². The van der Waals surface area contributed by atoms with Crippen molar-refractivity contribution in [2.24, 2.45) is 0 Å². The minimum Gasteiger partial charge on any atom is -0.497 e. The van der Waals surface area contributed by atoms with E-state index < -0.39 is 15.9 Å². The molecular weight excluding hydrogens is 420 g/mol. The zero-order valence-electron chi connectivity index (χ0n) is 17.8. The molecule has 31 heavy (non-hydrogen) atoms. The molecule has 3 aromatic rings. The number of sulfonamides is 1. The number of methoxy groups -OCH3 is 1. The number of aromatic nitrogens is 2. The Morgan fingerprint density at radius 2 is 1.84 bits per heavy atom. The molecule has 0 unspecified atom stereocenters. The van der Waals surface area contributed by atoms with Crippen LogP contribution in [0.4, 0.5) is 0 Å². The number of rotatable bonds is 8. The Labute approximate surface area is 181 Å². The van der Waals surface area contributed by atoms with Gasteiger partial charge in [-0.05, 0) is 37.3 Å². The van der Waals surface area contributed by atoms with E-state index in [0.717, 1.165) is 15.4 Å². The van der Waals surface area contributed by atoms with Crippen LogP contribution in [0.2, 0.25) is 0 Å². The third-order valence-corrected chi connectivity index (χ3v) is 6.49. The van der Waals surface area contributed by atoms with Gasteiger partial charge in [-0.15, -0.1) is 0 Å². The summed E-state index contributed by atoms with van der Waals surface area (Å²) in [4.78, 5) is 18.3. The summed E-state index contributed by atoms with van der Waals surface area (Å²) in [6.07, 6.45) is 0. The molecule has 0 N–H and O–H groups in total. The van der Waals surface area contributed by atoms with Gasteiger partial charge >= 0.3 is 0 Å². The molecule has 0 bridgehead atoms. The lowest BCUT2D eigenvalue weighted by Crippen LogP contribution is -2.39. The van der Waals surface area contributed by atoms with Gasteiger partial charge in [0, 0.05) is 19.7 Å². The molecular formula is C21H24N4O5S. The van der Waals surface area contributed by atoms with Crippen molar-refractivity contribution < 1.29 is 22.5 Å². The lowest BCUT2D eigenvalue weighted by atomic mass is 10.1. The molecule has 9 nitrogen and oxygen atoms in total. The molecule has 10 heteroatoms. The lowest BCUT2D eigenvalue weighted by Gasteiger charge is -2.20. The molecule has 0 saturated heterocycles. The van der Waals surface area contributed by atoms with Crippen molar-refractivity contribution in [2.45, 2.75) is 18.4 Å². The van der Waals surface area contributed by atoms with Crippen molar-refractivity contribution in [1.82, 2.24) is 19.3 Å². The molecule has 0 radical (unpaired) electrons. The fraction of sp³-hybridized carbons (Fsp3) is 0.286. The van der Waals surface area contributed by atoms with Crippen LogP contribution < -0.4 is 4.74 Å². The van der Waals surface area contributed by atoms with E-state index in [9.17, 15) is 13.2 Å². The molecule has 1 aromatic heterocycles. The predicted octanol–water partition coefficient (Wildman–Crippen LogP) is 2.33. The average Bonchev–Trinajstić information content (AvgIpc) is 3.22. The quantitative estimate of drug-likeness (QED) is 0.525. The molecule has 1 amide bonds. The van der Waals surface area contributed by atoms with Gasteiger partial charge in [0.1, 0.15) is 5.75 Å². The normalized spacial score (nSPS) is 11.5. The number of amides is 1. The maximum absolute atomic E-state index is 12.7. The van der Waals surface area contributed by atoms with Gasteiger partial charge in [-0.3, -0.25) is 4.79 Å². The van der Waals surface area contributed by atoms with Gasteiger partial charge in [0.15, 0.2) is 0 Å². The Morgan fingerprint density at radius 3 is 2.48 bits per heavy atom. The minimum absolute atomic E-state index is 0.0636. The Morgan fingerprint density at radius 1 is 1.13 bits per heavy atom. The Balaban J connectivity index is 1.63. The monoisotopic (exact) mass is 444 g/mol. The fourth-order valence-corrected chi connectivity index (χ4v) is 3.96. The van der Waals surface area contributed by atoms with E-state index in [4.69, 9.17) is 9.26 Å². The molecule has 3 rings (SSSR count). The van der Waals surface area contributed by atoms with E-state index in [2.05, 4.69) is 10.1 Å². The number of benzene rings is 2. The molecule has 1 heterocycles. The first-order valence-corrected chi connectivity index (χ1v) is 10.9. The summed E-state index contributed by atoms with van der Waals surface area (Å²) in [5.74, 6) is 0.823. The van der Waals surface area contributed by atoms with Gasteiger partial charge in [0.25, 0.3) is 0 Å². The molecule has 0 atom stereocenters. The Hall–Kier alpha value is -3.24. The van der Waals surface area contributed by atoms with E-state index >= 15 is 0 Å². The van der Waals surface area contributed by atoms with Crippen LogP contribution in [0, 0.1) is 6.92 Å². The fourth-order valence-electron chi connectivity index (χ4n) is 2.84. The summed E-state index contributed by atoms with van der Waals surface area (Å²) in [7, 11) is 0.578. The second kappa shape index (κ2) is 9.27. The van der Waals surface area contributed by atoms with Crippen LogP contribution in [-0.4, -0.2) is 61.4 Å². The molecule has 0 fully saturated rings. The maximum Gasteiger partial charge on any atom is 0.246 e. The third kappa shape index (κ3) is 5.28. The van der Waals surface area contributed by atoms with Crippen molar-refractivity contribution in [3.63, 3.8) is 0 Å². The highest BCUT2D eigenvalue weighted by Gasteiger charge is 2.25. The summed E-state index contributed by atoms with van der Waals surface area (Å²) in [6, 6.07) is 13.6. The number of nitrogens with zero attached hydrogens (tertiary/aromatic N) is 4. The second-order valence-corrected chi connectivity index (χ2v) is 9.11. The number of ether oxygens (including phenoxy) is 1. The van der Waals surface area contributed by atoms with Gasteiger partial charge in [-0.1, -0.05) is 28.9 Å². The van der Waals surface area contributed by atoms with Gasteiger partial charge in [-0.2, -0.15) is 9.29 Å². The topological polar surface area (TPSA) is 106 Å². The summed E-state index contributed by atoms with van der Waals surface area (Å²) in [5, 5.41) is 3.95. The molecule has 0 aliphatic heterocycles. The first-order valence-electron chi connectivity index (χ1n) is 9.44. The average molecular weight is 445 g/mol. The summed E-state index contributed by atoms with van der Waals surface area (Å²) in [6.45, 7) is 1.70. The van der Waals surface area contributed by atoms with E-state index in [1.807, 2.05) is 31.2 Å². The molecule has 0 saturated carbocycles. The van der Waals surface area contributed by atoms with Crippen LogP contribution in [0.3, 0.4) is 0 Å². The van der Waals surface area contributed by atoms with Crippen molar-refractivity contribution in [3.8, 4) is 17.1 Å². The maximum atomic E-state index is 12.7. The van der Waals surface area contributed by atoms with Gasteiger partial charge < -0.3 is 14.2 Å². The molecule has 0 spiro atoms. The number of likely N-dealkylation sites (N-methyl/N-ethyl adjacent to an activating group) is 2. The van der Waals surface area contributed by atoms with Crippen molar-refractivity contribution in [2.75, 3.05) is 27.7 Å².